The van der Waals surface area contributed by atoms with E-state index in [9.17, 15) is 0 Å². The van der Waals surface area contributed by atoms with Gasteiger partial charge in [-0.2, -0.15) is 0 Å². The molecule has 0 spiro atoms. The number of allylic oxidation sites excluding steroid dienone is 1. The van der Waals surface area contributed by atoms with Crippen LogP contribution in [-0.4, -0.2) is 9.13 Å². The third kappa shape index (κ3) is 4.39. The van der Waals surface area contributed by atoms with Crippen LogP contribution < -0.4 is 0 Å². The molecule has 0 saturated carbocycles. The Morgan fingerprint density at radius 1 is 0.431 bits per heavy atom. The average Bonchev–Trinajstić information content (AvgIpc) is 3.70. The van der Waals surface area contributed by atoms with Crippen LogP contribution in [0.15, 0.2) is 164 Å². The van der Waals surface area contributed by atoms with Crippen molar-refractivity contribution in [1.82, 2.24) is 9.13 Å². The van der Waals surface area contributed by atoms with Gasteiger partial charge < -0.3 is 9.13 Å². The van der Waals surface area contributed by atoms with Gasteiger partial charge >= 0.3 is 0 Å². The number of hydrogen-bond acceptors (Lipinski definition) is 0. The maximum absolute atomic E-state index is 5.64. The smallest absolute Gasteiger partial charge is 0.0542 e. The molecule has 238 valence electrons. The minimum atomic E-state index is 1.13. The van der Waals surface area contributed by atoms with Gasteiger partial charge in [0.2, 0.25) is 0 Å². The molecule has 0 saturated heterocycles. The van der Waals surface area contributed by atoms with Gasteiger partial charge in [0.15, 0.2) is 0 Å². The molecule has 2 heterocycles. The van der Waals surface area contributed by atoms with Gasteiger partial charge in [0.25, 0.3) is 0 Å². The topological polar surface area (TPSA) is 9.86 Å². The van der Waals surface area contributed by atoms with Crippen molar-refractivity contribution in [3.63, 3.8) is 0 Å². The second-order valence-corrected chi connectivity index (χ2v) is 13.3. The highest BCUT2D eigenvalue weighted by atomic mass is 15.0. The van der Waals surface area contributed by atoms with Gasteiger partial charge in [0, 0.05) is 32.9 Å². The highest BCUT2D eigenvalue weighted by molar-refractivity contribution is 6.14. The predicted molar refractivity (Wildman–Crippen MR) is 218 cm³/mol. The molecule has 8 aromatic carbocycles. The predicted octanol–water partition coefficient (Wildman–Crippen LogP) is 12.8. The zero-order chi connectivity index (χ0) is 34.1. The monoisotopic (exact) mass is 648 g/mol. The second-order valence-electron chi connectivity index (χ2n) is 13.3. The standard InChI is InChI=1S/C49H32N2/c1-3-4-16-37-32(2)38-17-5-6-18-39(38)44-30-34(25-27-40(37)44)33-14-13-15-35(29-33)50-48-24-12-9-21-43(48)45-31-36(26-28-49(45)50)51-46-22-10-7-19-41(46)42-20-8-11-23-47(42)51/h1,4-31H,2H3/b16-4-. The Balaban J connectivity index is 1.16. The Morgan fingerprint density at radius 2 is 0.980 bits per heavy atom. The summed E-state index contributed by atoms with van der Waals surface area (Å²) in [5, 5.41) is 9.94. The molecule has 0 radical (unpaired) electrons. The minimum absolute atomic E-state index is 1.13. The molecular formula is C49H32N2. The molecular weight excluding hydrogens is 617 g/mol. The number of fused-ring (bicyclic) bond motifs is 9. The molecule has 10 aromatic rings. The average molecular weight is 649 g/mol. The molecule has 0 aliphatic heterocycles. The Kier molecular flexibility index (Phi) is 6.50. The molecule has 2 heteroatoms. The van der Waals surface area contributed by atoms with Crippen LogP contribution in [0.5, 0.6) is 0 Å². The van der Waals surface area contributed by atoms with E-state index in [1.165, 1.54) is 87.4 Å². The van der Waals surface area contributed by atoms with Crippen molar-refractivity contribution in [1.29, 1.82) is 0 Å². The maximum atomic E-state index is 5.64. The van der Waals surface area contributed by atoms with Gasteiger partial charge in [-0.3, -0.25) is 0 Å². The molecule has 2 nitrogen and oxygen atoms in total. The summed E-state index contributed by atoms with van der Waals surface area (Å²) in [7, 11) is 0. The van der Waals surface area contributed by atoms with Crippen LogP contribution in [0.4, 0.5) is 0 Å². The second kappa shape index (κ2) is 11.4. The summed E-state index contributed by atoms with van der Waals surface area (Å²) >= 11 is 0. The third-order valence-electron chi connectivity index (χ3n) is 10.6. The maximum Gasteiger partial charge on any atom is 0.0542 e. The zero-order valence-corrected chi connectivity index (χ0v) is 28.1. The number of nitrogens with zero attached hydrogens (tertiary/aromatic N) is 2. The molecule has 0 aliphatic rings. The van der Waals surface area contributed by atoms with E-state index in [1.807, 2.05) is 0 Å². The van der Waals surface area contributed by atoms with Crippen LogP contribution >= 0.6 is 0 Å². The summed E-state index contributed by atoms with van der Waals surface area (Å²) in [4.78, 5) is 0. The van der Waals surface area contributed by atoms with Crippen molar-refractivity contribution in [3.05, 3.63) is 175 Å². The third-order valence-corrected chi connectivity index (χ3v) is 10.6. The Hall–Kier alpha value is -6.82. The van der Waals surface area contributed by atoms with Crippen LogP contribution in [0.2, 0.25) is 0 Å². The van der Waals surface area contributed by atoms with Crippen molar-refractivity contribution in [3.8, 4) is 34.8 Å². The summed E-state index contributed by atoms with van der Waals surface area (Å²) < 4.78 is 4.81. The van der Waals surface area contributed by atoms with E-state index in [1.54, 1.807) is 6.08 Å². The highest BCUT2D eigenvalue weighted by Crippen LogP contribution is 2.39. The van der Waals surface area contributed by atoms with Gasteiger partial charge in [-0.1, -0.05) is 109 Å². The molecule has 0 fully saturated rings. The van der Waals surface area contributed by atoms with Gasteiger partial charge in [0.1, 0.15) is 0 Å². The summed E-state index contributed by atoms with van der Waals surface area (Å²) in [6.45, 7) is 2.19. The fourth-order valence-electron chi connectivity index (χ4n) is 8.32. The number of terminal acetylenes is 1. The summed E-state index contributed by atoms with van der Waals surface area (Å²) in [6, 6.07) is 57.5. The molecule has 0 N–H and O–H groups in total. The normalized spacial score (nSPS) is 11.9. The van der Waals surface area contributed by atoms with Crippen molar-refractivity contribution < 1.29 is 0 Å². The van der Waals surface area contributed by atoms with Gasteiger partial charge in [0.05, 0.1) is 22.1 Å². The number of aromatic nitrogens is 2. The first-order chi connectivity index (χ1) is 25.2. The van der Waals surface area contributed by atoms with Crippen LogP contribution in [-0.2, 0) is 0 Å². The van der Waals surface area contributed by atoms with Gasteiger partial charge in [-0.15, -0.1) is 6.42 Å². The number of aryl methyl sites for hydroxylation is 1. The lowest BCUT2D eigenvalue weighted by Gasteiger charge is -2.15. The summed E-state index contributed by atoms with van der Waals surface area (Å²) in [6.07, 6.45) is 9.50. The van der Waals surface area contributed by atoms with E-state index in [2.05, 4.69) is 186 Å². The fraction of sp³-hybridized carbons (Fsp3) is 0.0204. The number of rotatable bonds is 4. The quantitative estimate of drug-likeness (QED) is 0.133. The molecule has 0 aliphatic carbocycles. The van der Waals surface area contributed by atoms with Crippen LogP contribution in [0.25, 0.3) is 93.7 Å². The fourth-order valence-corrected chi connectivity index (χ4v) is 8.32. The van der Waals surface area contributed by atoms with E-state index in [0.717, 1.165) is 11.4 Å². The molecule has 0 amide bonds. The van der Waals surface area contributed by atoms with E-state index < -0.39 is 0 Å². The number of benzene rings is 8. The first-order valence-corrected chi connectivity index (χ1v) is 17.4. The molecule has 0 bridgehead atoms. The lowest BCUT2D eigenvalue weighted by Crippen LogP contribution is -1.96. The van der Waals surface area contributed by atoms with Crippen LogP contribution in [0.3, 0.4) is 0 Å². The van der Waals surface area contributed by atoms with Crippen molar-refractivity contribution in [2.75, 3.05) is 0 Å². The Labute approximate surface area is 296 Å². The van der Waals surface area contributed by atoms with Crippen LogP contribution in [0, 0.1) is 19.3 Å². The molecule has 0 unspecified atom stereocenters. The van der Waals surface area contributed by atoms with Crippen molar-refractivity contribution >= 4 is 71.2 Å². The first kappa shape index (κ1) is 29.1. The minimum Gasteiger partial charge on any atom is -0.309 e. The van der Waals surface area contributed by atoms with E-state index >= 15 is 0 Å². The van der Waals surface area contributed by atoms with Crippen molar-refractivity contribution in [2.24, 2.45) is 0 Å². The number of hydrogen-bond donors (Lipinski definition) is 0. The van der Waals surface area contributed by atoms with E-state index in [-0.39, 0.29) is 0 Å². The van der Waals surface area contributed by atoms with Crippen LogP contribution in [0.1, 0.15) is 11.1 Å². The number of para-hydroxylation sites is 3. The zero-order valence-electron chi connectivity index (χ0n) is 28.1. The van der Waals surface area contributed by atoms with Gasteiger partial charge in [-0.05, 0) is 117 Å². The Morgan fingerprint density at radius 3 is 1.65 bits per heavy atom. The lowest BCUT2D eigenvalue weighted by molar-refractivity contribution is 1.17. The van der Waals surface area contributed by atoms with Gasteiger partial charge in [-0.25, -0.2) is 0 Å². The molecule has 0 atom stereocenters. The van der Waals surface area contributed by atoms with E-state index in [4.69, 9.17) is 6.42 Å². The lowest BCUT2D eigenvalue weighted by atomic mass is 9.90. The SMILES string of the molecule is C#C/C=C\c1c(C)c2ccccc2c2cc(-c3cccc(-n4c5ccccc5c5cc(-n6c7ccccc7c7ccccc76)ccc54)c3)ccc12. The molecule has 51 heavy (non-hydrogen) atoms. The largest absolute Gasteiger partial charge is 0.309 e. The first-order valence-electron chi connectivity index (χ1n) is 17.4. The molecule has 10 rings (SSSR count). The molecule has 2 aromatic heterocycles. The van der Waals surface area contributed by atoms with E-state index in [0.29, 0.717) is 0 Å². The Bertz CT molecular complexity index is 3050. The summed E-state index contributed by atoms with van der Waals surface area (Å²) in [5.74, 6) is 2.68. The highest BCUT2D eigenvalue weighted by Gasteiger charge is 2.17. The summed E-state index contributed by atoms with van der Waals surface area (Å²) in [5.41, 5.74) is 11.9. The van der Waals surface area contributed by atoms with Crippen molar-refractivity contribution in [2.45, 2.75) is 6.92 Å².